The van der Waals surface area contributed by atoms with Gasteiger partial charge in [-0.15, -0.1) is 0 Å². The molecule has 1 aromatic rings. The molecule has 0 bridgehead atoms. The highest BCUT2D eigenvalue weighted by atomic mass is 16.6. The molecular weight excluding hydrogens is 268 g/mol. The Morgan fingerprint density at radius 3 is 2.75 bits per heavy atom. The molecule has 8 nitrogen and oxygen atoms in total. The van der Waals surface area contributed by atoms with E-state index in [-0.39, 0.29) is 5.76 Å². The van der Waals surface area contributed by atoms with Crippen LogP contribution in [-0.2, 0) is 4.74 Å². The Hall–Kier alpha value is -1.90. The van der Waals surface area contributed by atoms with Gasteiger partial charge in [0.2, 0.25) is 0 Å². The van der Waals surface area contributed by atoms with Gasteiger partial charge in [-0.3, -0.25) is 14.3 Å². The van der Waals surface area contributed by atoms with Crippen molar-refractivity contribution in [1.82, 2.24) is 9.55 Å². The van der Waals surface area contributed by atoms with Crippen molar-refractivity contribution in [2.24, 2.45) is 0 Å². The summed E-state index contributed by atoms with van der Waals surface area (Å²) in [6.45, 7) is 1.79. The summed E-state index contributed by atoms with van der Waals surface area (Å²) >= 11 is 0. The van der Waals surface area contributed by atoms with Crippen LogP contribution in [0.2, 0.25) is 0 Å². The maximum Gasteiger partial charge on any atom is 0.330 e. The first-order valence-corrected chi connectivity index (χ1v) is 6.17. The van der Waals surface area contributed by atoms with Crippen molar-refractivity contribution < 1.29 is 20.1 Å². The van der Waals surface area contributed by atoms with Crippen molar-refractivity contribution in [2.75, 3.05) is 0 Å². The fourth-order valence-corrected chi connectivity index (χ4v) is 2.09. The zero-order chi connectivity index (χ0) is 14.9. The van der Waals surface area contributed by atoms with Crippen LogP contribution in [0.25, 0.3) is 0 Å². The number of H-pyrrole nitrogens is 1. The SMILES string of the molecule is CCC=C(O)[C@H]1O[C@@H](n2ccc(=O)[nH]c2=O)[C@H](O)[C@@H]1O. The van der Waals surface area contributed by atoms with Crippen LogP contribution < -0.4 is 11.2 Å². The first-order chi connectivity index (χ1) is 9.45. The minimum absolute atomic E-state index is 0.209. The minimum atomic E-state index is -1.41. The number of hydrogen-bond acceptors (Lipinski definition) is 6. The van der Waals surface area contributed by atoms with Gasteiger partial charge < -0.3 is 20.1 Å². The van der Waals surface area contributed by atoms with Gasteiger partial charge in [-0.25, -0.2) is 4.79 Å². The van der Waals surface area contributed by atoms with E-state index in [1.807, 2.05) is 4.98 Å². The summed E-state index contributed by atoms with van der Waals surface area (Å²) in [7, 11) is 0. The summed E-state index contributed by atoms with van der Waals surface area (Å²) in [6.07, 6.45) is -1.96. The molecule has 4 atom stereocenters. The second-order valence-electron chi connectivity index (χ2n) is 4.48. The molecule has 1 saturated heterocycles. The lowest BCUT2D eigenvalue weighted by Crippen LogP contribution is -2.37. The number of ether oxygens (including phenoxy) is 1. The van der Waals surface area contributed by atoms with E-state index in [4.69, 9.17) is 4.74 Å². The first-order valence-electron chi connectivity index (χ1n) is 6.17. The smallest absolute Gasteiger partial charge is 0.330 e. The monoisotopic (exact) mass is 284 g/mol. The Balaban J connectivity index is 2.33. The third kappa shape index (κ3) is 2.53. The Morgan fingerprint density at radius 1 is 1.45 bits per heavy atom. The molecule has 0 unspecified atom stereocenters. The third-order valence-electron chi connectivity index (χ3n) is 3.07. The number of aromatic amines is 1. The van der Waals surface area contributed by atoms with Gasteiger partial charge in [0.05, 0.1) is 0 Å². The van der Waals surface area contributed by atoms with Crippen LogP contribution in [0.4, 0.5) is 0 Å². The highest BCUT2D eigenvalue weighted by molar-refractivity contribution is 5.07. The topological polar surface area (TPSA) is 125 Å². The first kappa shape index (κ1) is 14.5. The lowest BCUT2D eigenvalue weighted by Gasteiger charge is -2.16. The summed E-state index contributed by atoms with van der Waals surface area (Å²) in [6, 6.07) is 1.10. The van der Waals surface area contributed by atoms with Gasteiger partial charge in [-0.1, -0.05) is 6.92 Å². The summed E-state index contributed by atoms with van der Waals surface area (Å²) in [5, 5.41) is 29.5. The summed E-state index contributed by atoms with van der Waals surface area (Å²) in [5.74, 6) is -0.209. The van der Waals surface area contributed by atoms with Crippen LogP contribution in [0.1, 0.15) is 19.6 Å². The molecule has 2 heterocycles. The average molecular weight is 284 g/mol. The molecular formula is C12H16N2O6. The van der Waals surface area contributed by atoms with Gasteiger partial charge in [-0.2, -0.15) is 0 Å². The predicted octanol–water partition coefficient (Wildman–Crippen LogP) is -0.992. The van der Waals surface area contributed by atoms with Crippen molar-refractivity contribution in [1.29, 1.82) is 0 Å². The average Bonchev–Trinajstić information content (AvgIpc) is 2.67. The number of allylic oxidation sites excluding steroid dienone is 1. The molecule has 0 spiro atoms. The summed E-state index contributed by atoms with van der Waals surface area (Å²) in [4.78, 5) is 24.7. The fourth-order valence-electron chi connectivity index (χ4n) is 2.09. The van der Waals surface area contributed by atoms with E-state index in [0.717, 1.165) is 16.8 Å². The van der Waals surface area contributed by atoms with E-state index in [9.17, 15) is 24.9 Å². The zero-order valence-electron chi connectivity index (χ0n) is 10.8. The molecule has 0 saturated carbocycles. The standard InChI is InChI=1S/C12H16N2O6/c1-2-3-6(15)10-8(17)9(18)11(20-10)14-5-4-7(16)13-12(14)19/h3-5,8-11,15,17-18H,2H2,1H3,(H,13,16,19)/t8-,9+,10+,11+/m0/s1. The van der Waals surface area contributed by atoms with Gasteiger partial charge >= 0.3 is 5.69 Å². The molecule has 110 valence electrons. The van der Waals surface area contributed by atoms with Crippen LogP contribution in [0.15, 0.2) is 33.7 Å². The predicted molar refractivity (Wildman–Crippen MR) is 68.2 cm³/mol. The molecule has 0 radical (unpaired) electrons. The second-order valence-corrected chi connectivity index (χ2v) is 4.48. The van der Waals surface area contributed by atoms with E-state index < -0.39 is 35.8 Å². The summed E-state index contributed by atoms with van der Waals surface area (Å²) in [5.41, 5.74) is -1.35. The maximum atomic E-state index is 11.6. The Bertz CT molecular complexity index is 619. The third-order valence-corrected chi connectivity index (χ3v) is 3.07. The highest BCUT2D eigenvalue weighted by Crippen LogP contribution is 2.31. The van der Waals surface area contributed by atoms with Crippen LogP contribution in [0, 0.1) is 0 Å². The van der Waals surface area contributed by atoms with E-state index >= 15 is 0 Å². The maximum absolute atomic E-state index is 11.6. The van der Waals surface area contributed by atoms with Crippen LogP contribution in [0.5, 0.6) is 0 Å². The Labute approximate surface area is 113 Å². The molecule has 20 heavy (non-hydrogen) atoms. The van der Waals surface area contributed by atoms with Gasteiger partial charge in [0.25, 0.3) is 5.56 Å². The van der Waals surface area contributed by atoms with E-state index in [0.29, 0.717) is 6.42 Å². The lowest BCUT2D eigenvalue weighted by molar-refractivity contribution is -0.0390. The van der Waals surface area contributed by atoms with Crippen molar-refractivity contribution in [2.45, 2.75) is 37.9 Å². The highest BCUT2D eigenvalue weighted by Gasteiger charge is 2.45. The fraction of sp³-hybridized carbons (Fsp3) is 0.500. The minimum Gasteiger partial charge on any atom is -0.510 e. The van der Waals surface area contributed by atoms with E-state index in [2.05, 4.69) is 0 Å². The normalized spacial score (nSPS) is 30.6. The van der Waals surface area contributed by atoms with Gasteiger partial charge in [0, 0.05) is 12.3 Å². The molecule has 0 aromatic carbocycles. The quantitative estimate of drug-likeness (QED) is 0.528. The number of aromatic nitrogens is 2. The molecule has 2 rings (SSSR count). The molecule has 0 amide bonds. The molecule has 1 aromatic heterocycles. The molecule has 1 fully saturated rings. The van der Waals surface area contributed by atoms with Crippen molar-refractivity contribution >= 4 is 0 Å². The summed E-state index contributed by atoms with van der Waals surface area (Å²) < 4.78 is 6.28. The van der Waals surface area contributed by atoms with Crippen LogP contribution in [0.3, 0.4) is 0 Å². The second kappa shape index (κ2) is 5.61. The molecule has 8 heteroatoms. The van der Waals surface area contributed by atoms with E-state index in [1.165, 1.54) is 6.08 Å². The molecule has 1 aliphatic heterocycles. The number of nitrogens with one attached hydrogen (secondary N) is 1. The zero-order valence-corrected chi connectivity index (χ0v) is 10.8. The number of nitrogens with zero attached hydrogens (tertiary/aromatic N) is 1. The van der Waals surface area contributed by atoms with Gasteiger partial charge in [-0.05, 0) is 12.5 Å². The largest absolute Gasteiger partial charge is 0.510 e. The molecule has 0 aliphatic carbocycles. The number of aliphatic hydroxyl groups is 3. The van der Waals surface area contributed by atoms with Crippen LogP contribution >= 0.6 is 0 Å². The number of rotatable bonds is 3. The molecule has 1 aliphatic rings. The van der Waals surface area contributed by atoms with Crippen molar-refractivity contribution in [3.8, 4) is 0 Å². The lowest BCUT2D eigenvalue weighted by atomic mass is 10.1. The number of hydrogen-bond donors (Lipinski definition) is 4. The Kier molecular flexibility index (Phi) is 4.07. The molecule has 4 N–H and O–H groups in total. The van der Waals surface area contributed by atoms with Crippen LogP contribution in [-0.4, -0.2) is 43.2 Å². The van der Waals surface area contributed by atoms with Gasteiger partial charge in [0.15, 0.2) is 6.23 Å². The Morgan fingerprint density at radius 2 is 2.15 bits per heavy atom. The van der Waals surface area contributed by atoms with Crippen molar-refractivity contribution in [3.63, 3.8) is 0 Å². The van der Waals surface area contributed by atoms with E-state index in [1.54, 1.807) is 6.92 Å². The van der Waals surface area contributed by atoms with Gasteiger partial charge in [0.1, 0.15) is 24.1 Å². The number of aliphatic hydroxyl groups excluding tert-OH is 3. The van der Waals surface area contributed by atoms with Crippen molar-refractivity contribution in [3.05, 3.63) is 44.9 Å².